The molecule has 2 aromatic heterocycles. The van der Waals surface area contributed by atoms with Gasteiger partial charge < -0.3 is 10.2 Å². The molecule has 0 aliphatic carbocycles. The maximum atomic E-state index is 12.7. The van der Waals surface area contributed by atoms with Crippen LogP contribution < -0.4 is 5.32 Å². The first kappa shape index (κ1) is 14.2. The van der Waals surface area contributed by atoms with E-state index in [2.05, 4.69) is 22.6 Å². The summed E-state index contributed by atoms with van der Waals surface area (Å²) in [5, 5.41) is 7.41. The highest BCUT2D eigenvalue weighted by Gasteiger charge is 2.25. The van der Waals surface area contributed by atoms with Crippen molar-refractivity contribution in [3.8, 4) is 11.3 Å². The van der Waals surface area contributed by atoms with Gasteiger partial charge in [-0.25, -0.2) is 0 Å². The number of hydrogen-bond acceptors (Lipinski definition) is 4. The summed E-state index contributed by atoms with van der Waals surface area (Å²) in [5.41, 5.74) is 3.55. The largest absolute Gasteiger partial charge is 0.333 e. The van der Waals surface area contributed by atoms with Gasteiger partial charge in [-0.05, 0) is 37.4 Å². The zero-order valence-electron chi connectivity index (χ0n) is 12.3. The minimum absolute atomic E-state index is 0.0888. The van der Waals surface area contributed by atoms with E-state index in [0.29, 0.717) is 5.56 Å². The highest BCUT2D eigenvalue weighted by atomic mass is 32.1. The van der Waals surface area contributed by atoms with Gasteiger partial charge in [-0.1, -0.05) is 0 Å². The van der Waals surface area contributed by atoms with E-state index in [-0.39, 0.29) is 11.9 Å². The third kappa shape index (κ3) is 2.84. The van der Waals surface area contributed by atoms with Gasteiger partial charge in [0.1, 0.15) is 0 Å². The molecule has 1 amide bonds. The zero-order chi connectivity index (χ0) is 14.8. The monoisotopic (exact) mass is 301 g/mol. The van der Waals surface area contributed by atoms with Crippen LogP contribution in [-0.2, 0) is 0 Å². The van der Waals surface area contributed by atoms with Gasteiger partial charge >= 0.3 is 0 Å². The molecule has 110 valence electrons. The molecule has 1 aliphatic heterocycles. The maximum Gasteiger partial charge on any atom is 0.256 e. The van der Waals surface area contributed by atoms with Crippen LogP contribution in [0.5, 0.6) is 0 Å². The summed E-state index contributed by atoms with van der Waals surface area (Å²) in [6, 6.07) is 6.12. The van der Waals surface area contributed by atoms with Gasteiger partial charge in [0.15, 0.2) is 0 Å². The van der Waals surface area contributed by atoms with Crippen LogP contribution >= 0.6 is 11.3 Å². The van der Waals surface area contributed by atoms with Crippen LogP contribution in [0.25, 0.3) is 11.3 Å². The number of carbonyl (C=O) groups is 1. The predicted molar refractivity (Wildman–Crippen MR) is 85.7 cm³/mol. The Bertz CT molecular complexity index is 639. The van der Waals surface area contributed by atoms with Crippen LogP contribution in [0.3, 0.4) is 0 Å². The first-order valence-electron chi connectivity index (χ1n) is 7.18. The number of aryl methyl sites for hydroxylation is 1. The minimum atomic E-state index is 0.0888. The summed E-state index contributed by atoms with van der Waals surface area (Å²) < 4.78 is 0. The fraction of sp³-hybridized carbons (Fsp3) is 0.375. The van der Waals surface area contributed by atoms with Gasteiger partial charge in [-0.3, -0.25) is 9.78 Å². The number of rotatable bonds is 2. The Labute approximate surface area is 128 Å². The molecule has 1 atom stereocenters. The van der Waals surface area contributed by atoms with Crippen LogP contribution in [-0.4, -0.2) is 41.5 Å². The topological polar surface area (TPSA) is 45.2 Å². The molecule has 0 radical (unpaired) electrons. The lowest BCUT2D eigenvalue weighted by Crippen LogP contribution is -2.52. The summed E-state index contributed by atoms with van der Waals surface area (Å²) in [5.74, 6) is 0.0888. The SMILES string of the molecule is Cc1nc(-c2ccsc2)ccc1C(=O)N1CCNC[C@H]1C. The van der Waals surface area contributed by atoms with Crippen molar-refractivity contribution in [3.05, 3.63) is 40.2 Å². The maximum absolute atomic E-state index is 12.7. The molecular weight excluding hydrogens is 282 g/mol. The lowest BCUT2D eigenvalue weighted by Gasteiger charge is -2.34. The fourth-order valence-electron chi connectivity index (χ4n) is 2.66. The van der Waals surface area contributed by atoms with Gasteiger partial charge in [0.2, 0.25) is 0 Å². The smallest absolute Gasteiger partial charge is 0.256 e. The standard InChI is InChI=1S/C16H19N3OS/c1-11-9-17-6-7-19(11)16(20)14-3-4-15(18-12(14)2)13-5-8-21-10-13/h3-5,8,10-11,17H,6-7,9H2,1-2H3/t11-/m1/s1. The van der Waals surface area contributed by atoms with E-state index in [9.17, 15) is 4.79 Å². The first-order valence-corrected chi connectivity index (χ1v) is 8.13. The second-order valence-electron chi connectivity index (χ2n) is 5.39. The van der Waals surface area contributed by atoms with Crippen molar-refractivity contribution < 1.29 is 4.79 Å². The number of nitrogens with one attached hydrogen (secondary N) is 1. The average Bonchev–Trinajstić information content (AvgIpc) is 3.01. The Hall–Kier alpha value is -1.72. The Balaban J connectivity index is 1.87. The molecule has 0 saturated carbocycles. The molecule has 0 bridgehead atoms. The number of carbonyl (C=O) groups excluding carboxylic acids is 1. The number of pyridine rings is 1. The summed E-state index contributed by atoms with van der Waals surface area (Å²) >= 11 is 1.65. The third-order valence-electron chi connectivity index (χ3n) is 3.90. The molecule has 0 unspecified atom stereocenters. The Morgan fingerprint density at radius 1 is 1.43 bits per heavy atom. The lowest BCUT2D eigenvalue weighted by atomic mass is 10.1. The Kier molecular flexibility index (Phi) is 4.03. The molecule has 4 nitrogen and oxygen atoms in total. The van der Waals surface area contributed by atoms with Crippen LogP contribution in [0.4, 0.5) is 0 Å². The molecule has 21 heavy (non-hydrogen) atoms. The van der Waals surface area contributed by atoms with Gasteiger partial charge in [0.25, 0.3) is 5.91 Å². The van der Waals surface area contributed by atoms with Crippen molar-refractivity contribution >= 4 is 17.2 Å². The normalized spacial score (nSPS) is 18.8. The highest BCUT2D eigenvalue weighted by Crippen LogP contribution is 2.22. The Morgan fingerprint density at radius 2 is 2.29 bits per heavy atom. The van der Waals surface area contributed by atoms with E-state index in [0.717, 1.165) is 36.6 Å². The molecule has 3 rings (SSSR count). The van der Waals surface area contributed by atoms with Crippen LogP contribution in [0.1, 0.15) is 23.0 Å². The molecule has 5 heteroatoms. The second-order valence-corrected chi connectivity index (χ2v) is 6.17. The lowest BCUT2D eigenvalue weighted by molar-refractivity contribution is 0.0654. The van der Waals surface area contributed by atoms with E-state index in [1.807, 2.05) is 35.4 Å². The number of amides is 1. The Morgan fingerprint density at radius 3 is 2.95 bits per heavy atom. The van der Waals surface area contributed by atoms with Crippen molar-refractivity contribution in [1.82, 2.24) is 15.2 Å². The van der Waals surface area contributed by atoms with Crippen molar-refractivity contribution in [1.29, 1.82) is 0 Å². The van der Waals surface area contributed by atoms with Gasteiger partial charge in [-0.2, -0.15) is 11.3 Å². The molecule has 2 aromatic rings. The summed E-state index contributed by atoms with van der Waals surface area (Å²) in [6.45, 7) is 6.45. The quantitative estimate of drug-likeness (QED) is 0.927. The zero-order valence-corrected chi connectivity index (χ0v) is 13.1. The van der Waals surface area contributed by atoms with E-state index in [4.69, 9.17) is 0 Å². The van der Waals surface area contributed by atoms with E-state index < -0.39 is 0 Å². The number of thiophene rings is 1. The van der Waals surface area contributed by atoms with Crippen molar-refractivity contribution in [3.63, 3.8) is 0 Å². The molecule has 1 aliphatic rings. The predicted octanol–water partition coefficient (Wildman–Crippen LogP) is 2.55. The number of piperazine rings is 1. The molecule has 1 saturated heterocycles. The first-order chi connectivity index (χ1) is 10.2. The molecule has 0 spiro atoms. The van der Waals surface area contributed by atoms with Crippen LogP contribution in [0.15, 0.2) is 29.0 Å². The molecular formula is C16H19N3OS. The number of aromatic nitrogens is 1. The molecule has 1 N–H and O–H groups in total. The van der Waals surface area contributed by atoms with Crippen molar-refractivity contribution in [2.75, 3.05) is 19.6 Å². The highest BCUT2D eigenvalue weighted by molar-refractivity contribution is 7.08. The van der Waals surface area contributed by atoms with Crippen LogP contribution in [0.2, 0.25) is 0 Å². The molecule has 1 fully saturated rings. The summed E-state index contributed by atoms with van der Waals surface area (Å²) in [7, 11) is 0. The van der Waals surface area contributed by atoms with E-state index >= 15 is 0 Å². The van der Waals surface area contributed by atoms with Crippen molar-refractivity contribution in [2.45, 2.75) is 19.9 Å². The van der Waals surface area contributed by atoms with Crippen LogP contribution in [0, 0.1) is 6.92 Å². The molecule has 3 heterocycles. The summed E-state index contributed by atoms with van der Waals surface area (Å²) in [6.07, 6.45) is 0. The summed E-state index contributed by atoms with van der Waals surface area (Å²) in [4.78, 5) is 19.2. The van der Waals surface area contributed by atoms with Gasteiger partial charge in [0, 0.05) is 36.6 Å². The van der Waals surface area contributed by atoms with Crippen molar-refractivity contribution in [2.24, 2.45) is 0 Å². The van der Waals surface area contributed by atoms with E-state index in [1.54, 1.807) is 11.3 Å². The number of hydrogen-bond donors (Lipinski definition) is 1. The second kappa shape index (κ2) is 5.95. The van der Waals surface area contributed by atoms with Gasteiger partial charge in [-0.15, -0.1) is 0 Å². The van der Waals surface area contributed by atoms with Gasteiger partial charge in [0.05, 0.1) is 17.0 Å². The number of nitrogens with zero attached hydrogens (tertiary/aromatic N) is 2. The fourth-order valence-corrected chi connectivity index (χ4v) is 3.31. The minimum Gasteiger partial charge on any atom is -0.333 e. The molecule has 0 aromatic carbocycles. The average molecular weight is 301 g/mol. The third-order valence-corrected chi connectivity index (χ3v) is 4.58. The van der Waals surface area contributed by atoms with E-state index in [1.165, 1.54) is 0 Å².